The molecule has 1 saturated heterocycles. The van der Waals surface area contributed by atoms with E-state index in [1.807, 2.05) is 0 Å². The summed E-state index contributed by atoms with van der Waals surface area (Å²) in [4.78, 5) is 11.2. The van der Waals surface area contributed by atoms with Crippen LogP contribution in [0.15, 0.2) is 0 Å². The third-order valence-electron chi connectivity index (χ3n) is 1.99. The van der Waals surface area contributed by atoms with Crippen LogP contribution in [0, 0.1) is 0 Å². The lowest BCUT2D eigenvalue weighted by atomic mass is 10.2. The molecule has 0 spiro atoms. The summed E-state index contributed by atoms with van der Waals surface area (Å²) in [5.41, 5.74) is 0. The summed E-state index contributed by atoms with van der Waals surface area (Å²) in [7, 11) is 1.65. The number of esters is 1. The molecule has 1 rings (SSSR count). The molecule has 70 valence electrons. The predicted octanol–water partition coefficient (Wildman–Crippen LogP) is -0.0736. The van der Waals surface area contributed by atoms with Gasteiger partial charge in [0.15, 0.2) is 0 Å². The lowest BCUT2D eigenvalue weighted by Crippen LogP contribution is -2.32. The van der Waals surface area contributed by atoms with Crippen LogP contribution in [0.3, 0.4) is 0 Å². The molecule has 0 saturated carbocycles. The quantitative estimate of drug-likeness (QED) is 0.607. The number of ether oxygens (including phenoxy) is 2. The summed E-state index contributed by atoms with van der Waals surface area (Å²) in [6.07, 6.45) is 0.870. The van der Waals surface area contributed by atoms with Crippen molar-refractivity contribution in [1.82, 2.24) is 5.32 Å². The van der Waals surface area contributed by atoms with Gasteiger partial charge in [-0.15, -0.1) is 0 Å². The van der Waals surface area contributed by atoms with E-state index in [1.54, 1.807) is 14.0 Å². The van der Waals surface area contributed by atoms with Crippen LogP contribution in [0.5, 0.6) is 0 Å². The van der Waals surface area contributed by atoms with Crippen molar-refractivity contribution in [2.24, 2.45) is 0 Å². The van der Waals surface area contributed by atoms with Crippen LogP contribution in [0.1, 0.15) is 13.3 Å². The highest BCUT2D eigenvalue weighted by molar-refractivity contribution is 5.76. The Bertz CT molecular complexity index is 160. The van der Waals surface area contributed by atoms with Gasteiger partial charge in [-0.2, -0.15) is 0 Å². The second-order valence-corrected chi connectivity index (χ2v) is 2.81. The first kappa shape index (κ1) is 9.48. The van der Waals surface area contributed by atoms with Crippen molar-refractivity contribution in [2.45, 2.75) is 25.5 Å². The van der Waals surface area contributed by atoms with Gasteiger partial charge in [-0.1, -0.05) is 0 Å². The summed E-state index contributed by atoms with van der Waals surface area (Å²) < 4.78 is 9.96. The second kappa shape index (κ2) is 4.42. The molecule has 1 aliphatic heterocycles. The Morgan fingerprint density at radius 2 is 2.42 bits per heavy atom. The van der Waals surface area contributed by atoms with Gasteiger partial charge in [0.05, 0.1) is 12.7 Å². The molecule has 4 heteroatoms. The summed E-state index contributed by atoms with van der Waals surface area (Å²) in [6, 6.07) is -0.171. The van der Waals surface area contributed by atoms with Crippen LogP contribution < -0.4 is 5.32 Å². The van der Waals surface area contributed by atoms with Crippen molar-refractivity contribution in [3.63, 3.8) is 0 Å². The SMILES string of the molecule is CCOC(=O)C1CC(OC)CN1. The van der Waals surface area contributed by atoms with E-state index in [0.717, 1.165) is 13.0 Å². The molecule has 0 aromatic heterocycles. The van der Waals surface area contributed by atoms with Crippen molar-refractivity contribution in [3.8, 4) is 0 Å². The van der Waals surface area contributed by atoms with Crippen molar-refractivity contribution in [2.75, 3.05) is 20.3 Å². The average Bonchev–Trinajstić information content (AvgIpc) is 2.52. The van der Waals surface area contributed by atoms with Gasteiger partial charge in [-0.3, -0.25) is 4.79 Å². The first-order chi connectivity index (χ1) is 5.77. The predicted molar refractivity (Wildman–Crippen MR) is 43.8 cm³/mol. The van der Waals surface area contributed by atoms with E-state index in [9.17, 15) is 4.79 Å². The van der Waals surface area contributed by atoms with Gasteiger partial charge < -0.3 is 14.8 Å². The summed E-state index contributed by atoms with van der Waals surface area (Å²) >= 11 is 0. The van der Waals surface area contributed by atoms with Crippen molar-refractivity contribution < 1.29 is 14.3 Å². The molecule has 0 aliphatic carbocycles. The minimum absolute atomic E-state index is 0.152. The molecule has 0 aromatic rings. The Labute approximate surface area is 72.2 Å². The zero-order valence-corrected chi connectivity index (χ0v) is 7.50. The molecule has 0 radical (unpaired) electrons. The molecule has 2 unspecified atom stereocenters. The maximum atomic E-state index is 11.2. The zero-order chi connectivity index (χ0) is 8.97. The Morgan fingerprint density at radius 3 is 2.92 bits per heavy atom. The summed E-state index contributed by atoms with van der Waals surface area (Å²) in [6.45, 7) is 2.98. The lowest BCUT2D eigenvalue weighted by molar-refractivity contribution is -0.145. The number of methoxy groups -OCH3 is 1. The van der Waals surface area contributed by atoms with E-state index >= 15 is 0 Å². The second-order valence-electron chi connectivity index (χ2n) is 2.81. The highest BCUT2D eigenvalue weighted by Gasteiger charge is 2.29. The van der Waals surface area contributed by atoms with Gasteiger partial charge in [-0.25, -0.2) is 0 Å². The number of carbonyl (C=O) groups is 1. The first-order valence-electron chi connectivity index (χ1n) is 4.20. The molecular weight excluding hydrogens is 158 g/mol. The molecule has 0 bridgehead atoms. The summed E-state index contributed by atoms with van der Waals surface area (Å²) in [5.74, 6) is -0.169. The topological polar surface area (TPSA) is 47.6 Å². The zero-order valence-electron chi connectivity index (χ0n) is 7.50. The third-order valence-corrected chi connectivity index (χ3v) is 1.99. The Morgan fingerprint density at radius 1 is 1.67 bits per heavy atom. The largest absolute Gasteiger partial charge is 0.465 e. The van der Waals surface area contributed by atoms with Gasteiger partial charge in [0.2, 0.25) is 0 Å². The average molecular weight is 173 g/mol. The van der Waals surface area contributed by atoms with Crippen LogP contribution in [-0.2, 0) is 14.3 Å². The fourth-order valence-corrected chi connectivity index (χ4v) is 1.31. The number of rotatable bonds is 3. The minimum atomic E-state index is -0.171. The van der Waals surface area contributed by atoms with Crippen LogP contribution in [0.4, 0.5) is 0 Å². The Hall–Kier alpha value is -0.610. The lowest BCUT2D eigenvalue weighted by Gasteiger charge is -2.08. The van der Waals surface area contributed by atoms with E-state index < -0.39 is 0 Å². The van der Waals surface area contributed by atoms with Crippen LogP contribution in [0.25, 0.3) is 0 Å². The molecule has 0 aromatic carbocycles. The third kappa shape index (κ3) is 2.19. The van der Waals surface area contributed by atoms with Crippen LogP contribution in [0.2, 0.25) is 0 Å². The summed E-state index contributed by atoms with van der Waals surface area (Å²) in [5, 5.41) is 3.04. The van der Waals surface area contributed by atoms with E-state index in [1.165, 1.54) is 0 Å². The van der Waals surface area contributed by atoms with Gasteiger partial charge in [0, 0.05) is 20.1 Å². The molecule has 1 aliphatic rings. The van der Waals surface area contributed by atoms with Gasteiger partial charge in [0.1, 0.15) is 6.04 Å². The van der Waals surface area contributed by atoms with Gasteiger partial charge in [0.25, 0.3) is 0 Å². The van der Waals surface area contributed by atoms with Gasteiger partial charge in [-0.05, 0) is 6.92 Å². The molecule has 12 heavy (non-hydrogen) atoms. The highest BCUT2D eigenvalue weighted by Crippen LogP contribution is 2.10. The van der Waals surface area contributed by atoms with Crippen molar-refractivity contribution >= 4 is 5.97 Å². The van der Waals surface area contributed by atoms with Crippen molar-refractivity contribution in [1.29, 1.82) is 0 Å². The smallest absolute Gasteiger partial charge is 0.323 e. The highest BCUT2D eigenvalue weighted by atomic mass is 16.5. The Kier molecular flexibility index (Phi) is 3.49. The number of nitrogens with one attached hydrogen (secondary N) is 1. The molecule has 1 heterocycles. The van der Waals surface area contributed by atoms with E-state index in [-0.39, 0.29) is 18.1 Å². The minimum Gasteiger partial charge on any atom is -0.465 e. The van der Waals surface area contributed by atoms with E-state index in [0.29, 0.717) is 6.61 Å². The van der Waals surface area contributed by atoms with E-state index in [2.05, 4.69) is 5.32 Å². The molecule has 1 fully saturated rings. The number of carbonyl (C=O) groups excluding carboxylic acids is 1. The fourth-order valence-electron chi connectivity index (χ4n) is 1.31. The molecule has 0 amide bonds. The fraction of sp³-hybridized carbons (Fsp3) is 0.875. The normalized spacial score (nSPS) is 28.8. The van der Waals surface area contributed by atoms with Crippen LogP contribution in [-0.4, -0.2) is 38.4 Å². The monoisotopic (exact) mass is 173 g/mol. The maximum Gasteiger partial charge on any atom is 0.323 e. The molecule has 1 N–H and O–H groups in total. The maximum absolute atomic E-state index is 11.2. The standard InChI is InChI=1S/C8H15NO3/c1-3-12-8(10)7-4-6(11-2)5-9-7/h6-7,9H,3-5H2,1-2H3. The molecule has 2 atom stereocenters. The number of hydrogen-bond acceptors (Lipinski definition) is 4. The number of hydrogen-bond donors (Lipinski definition) is 1. The van der Waals surface area contributed by atoms with Crippen molar-refractivity contribution in [3.05, 3.63) is 0 Å². The molecule has 4 nitrogen and oxygen atoms in total. The van der Waals surface area contributed by atoms with E-state index in [4.69, 9.17) is 9.47 Å². The molecular formula is C8H15NO3. The van der Waals surface area contributed by atoms with Gasteiger partial charge >= 0.3 is 5.97 Å². The first-order valence-corrected chi connectivity index (χ1v) is 4.20. The van der Waals surface area contributed by atoms with Crippen LogP contribution >= 0.6 is 0 Å². The Balaban J connectivity index is 2.31.